The van der Waals surface area contributed by atoms with Gasteiger partial charge in [-0.3, -0.25) is 4.90 Å². The van der Waals surface area contributed by atoms with Crippen molar-refractivity contribution in [1.29, 1.82) is 0 Å². The summed E-state index contributed by atoms with van der Waals surface area (Å²) < 4.78 is 7.50. The minimum Gasteiger partial charge on any atom is -0.449 e. The minimum absolute atomic E-state index is 0.178. The molecule has 1 fully saturated rings. The van der Waals surface area contributed by atoms with Gasteiger partial charge in [-0.25, -0.2) is 9.48 Å². The van der Waals surface area contributed by atoms with E-state index in [-0.39, 0.29) is 6.09 Å². The number of hydrogen-bond donors (Lipinski definition) is 0. The lowest BCUT2D eigenvalue weighted by molar-refractivity contribution is 0.0672. The van der Waals surface area contributed by atoms with Crippen molar-refractivity contribution < 1.29 is 9.53 Å². The van der Waals surface area contributed by atoms with Crippen molar-refractivity contribution in [2.45, 2.75) is 39.7 Å². The van der Waals surface area contributed by atoms with E-state index in [9.17, 15) is 4.79 Å². The number of hydrogen-bond acceptors (Lipinski definition) is 4. The molecule has 150 valence electrons. The largest absolute Gasteiger partial charge is 0.449 e. The summed E-state index contributed by atoms with van der Waals surface area (Å²) in [5.74, 6) is 0.368. The molecule has 4 rings (SSSR count). The van der Waals surface area contributed by atoms with Gasteiger partial charge in [-0.05, 0) is 42.9 Å². The number of fused-ring (bicyclic) bond motifs is 1. The van der Waals surface area contributed by atoms with Crippen LogP contribution in [-0.4, -0.2) is 58.5 Å². The molecule has 1 aliphatic carbocycles. The van der Waals surface area contributed by atoms with Crippen molar-refractivity contribution >= 4 is 6.09 Å². The molecular formula is C22H30N4O2. The van der Waals surface area contributed by atoms with Gasteiger partial charge in [0, 0.05) is 38.4 Å². The fraction of sp³-hybridized carbons (Fsp3) is 0.545. The van der Waals surface area contributed by atoms with Crippen LogP contribution in [0.25, 0.3) is 5.69 Å². The van der Waals surface area contributed by atoms with Crippen molar-refractivity contribution in [3.63, 3.8) is 0 Å². The number of amides is 1. The summed E-state index contributed by atoms with van der Waals surface area (Å²) in [6.07, 6.45) is 3.26. The Morgan fingerprint density at radius 2 is 1.86 bits per heavy atom. The molecule has 1 saturated heterocycles. The van der Waals surface area contributed by atoms with Crippen LogP contribution in [0.15, 0.2) is 30.3 Å². The van der Waals surface area contributed by atoms with Crippen LogP contribution in [0.4, 0.5) is 4.79 Å². The molecule has 0 saturated carbocycles. The Morgan fingerprint density at radius 1 is 1.11 bits per heavy atom. The van der Waals surface area contributed by atoms with E-state index < -0.39 is 0 Å². The lowest BCUT2D eigenvalue weighted by Gasteiger charge is -2.33. The first kappa shape index (κ1) is 19.0. The fourth-order valence-electron chi connectivity index (χ4n) is 4.05. The minimum atomic E-state index is -0.178. The van der Waals surface area contributed by atoms with E-state index in [1.54, 1.807) is 0 Å². The molecule has 0 atom stereocenters. The van der Waals surface area contributed by atoms with Gasteiger partial charge in [0.1, 0.15) is 0 Å². The van der Waals surface area contributed by atoms with Crippen LogP contribution in [0.3, 0.4) is 0 Å². The molecular weight excluding hydrogens is 352 g/mol. The zero-order valence-corrected chi connectivity index (χ0v) is 16.9. The van der Waals surface area contributed by atoms with E-state index in [4.69, 9.17) is 9.84 Å². The van der Waals surface area contributed by atoms with E-state index in [0.717, 1.165) is 51.3 Å². The molecule has 0 spiro atoms. The molecule has 2 aliphatic rings. The van der Waals surface area contributed by atoms with Gasteiger partial charge in [0.05, 0.1) is 18.0 Å². The van der Waals surface area contributed by atoms with Gasteiger partial charge >= 0.3 is 6.09 Å². The number of aromatic nitrogens is 2. The van der Waals surface area contributed by atoms with Gasteiger partial charge in [0.2, 0.25) is 0 Å². The molecule has 0 unspecified atom stereocenters. The van der Waals surface area contributed by atoms with E-state index >= 15 is 0 Å². The van der Waals surface area contributed by atoms with Crippen LogP contribution in [0.1, 0.15) is 37.2 Å². The maximum atomic E-state index is 12.2. The molecule has 2 aromatic rings. The van der Waals surface area contributed by atoms with Crippen LogP contribution in [0.5, 0.6) is 0 Å². The Hall–Kier alpha value is -2.34. The Labute approximate surface area is 167 Å². The summed E-state index contributed by atoms with van der Waals surface area (Å²) in [5, 5.41) is 4.97. The van der Waals surface area contributed by atoms with Crippen molar-refractivity contribution in [3.05, 3.63) is 47.3 Å². The van der Waals surface area contributed by atoms with Crippen LogP contribution >= 0.6 is 0 Å². The number of carbonyl (C=O) groups is 1. The van der Waals surface area contributed by atoms with Gasteiger partial charge in [-0.1, -0.05) is 32.0 Å². The number of rotatable bonds is 5. The Balaban J connectivity index is 1.39. The second kappa shape index (κ2) is 8.35. The highest BCUT2D eigenvalue weighted by Crippen LogP contribution is 2.28. The Bertz CT molecular complexity index is 807. The quantitative estimate of drug-likeness (QED) is 0.796. The number of piperazine rings is 1. The summed E-state index contributed by atoms with van der Waals surface area (Å²) >= 11 is 0. The molecule has 0 bridgehead atoms. The highest BCUT2D eigenvalue weighted by atomic mass is 16.6. The number of benzene rings is 1. The maximum absolute atomic E-state index is 12.2. The van der Waals surface area contributed by atoms with Crippen LogP contribution in [0, 0.1) is 5.92 Å². The van der Waals surface area contributed by atoms with E-state index in [2.05, 4.69) is 47.7 Å². The molecule has 2 heterocycles. The topological polar surface area (TPSA) is 50.6 Å². The third-order valence-electron chi connectivity index (χ3n) is 5.56. The SMILES string of the molecule is CC(C)COC(=O)N1CCN(Cc2nn(-c3ccccc3)c3c2CCC3)CC1. The van der Waals surface area contributed by atoms with Gasteiger partial charge in [-0.2, -0.15) is 5.10 Å². The first-order chi connectivity index (χ1) is 13.6. The van der Waals surface area contributed by atoms with Crippen molar-refractivity contribution in [2.75, 3.05) is 32.8 Å². The zero-order chi connectivity index (χ0) is 19.5. The predicted molar refractivity (Wildman–Crippen MR) is 109 cm³/mol. The molecule has 1 aromatic heterocycles. The highest BCUT2D eigenvalue weighted by Gasteiger charge is 2.27. The summed E-state index contributed by atoms with van der Waals surface area (Å²) in [6, 6.07) is 10.4. The second-order valence-electron chi connectivity index (χ2n) is 8.21. The number of ether oxygens (including phenoxy) is 1. The lowest BCUT2D eigenvalue weighted by atomic mass is 10.2. The third-order valence-corrected chi connectivity index (χ3v) is 5.56. The van der Waals surface area contributed by atoms with Crippen LogP contribution in [-0.2, 0) is 24.1 Å². The molecule has 1 aromatic carbocycles. The third kappa shape index (κ3) is 4.07. The zero-order valence-electron chi connectivity index (χ0n) is 16.9. The first-order valence-electron chi connectivity index (χ1n) is 10.4. The number of nitrogens with zero attached hydrogens (tertiary/aromatic N) is 4. The van der Waals surface area contributed by atoms with Gasteiger partial charge in [0.15, 0.2) is 0 Å². The maximum Gasteiger partial charge on any atom is 0.409 e. The normalized spacial score (nSPS) is 17.2. The molecule has 6 heteroatoms. The lowest BCUT2D eigenvalue weighted by Crippen LogP contribution is -2.48. The summed E-state index contributed by atoms with van der Waals surface area (Å²) in [6.45, 7) is 8.63. The van der Waals surface area contributed by atoms with E-state index in [1.807, 2.05) is 11.0 Å². The van der Waals surface area contributed by atoms with Crippen LogP contribution < -0.4 is 0 Å². The molecule has 0 N–H and O–H groups in total. The predicted octanol–water partition coefficient (Wildman–Crippen LogP) is 3.27. The van der Waals surface area contributed by atoms with Gasteiger partial charge in [-0.15, -0.1) is 0 Å². The standard InChI is InChI=1S/C22H30N4O2/c1-17(2)16-28-22(27)25-13-11-24(12-14-25)15-20-19-9-6-10-21(19)26(23-20)18-7-4-3-5-8-18/h3-5,7-8,17H,6,9-16H2,1-2H3. The fourth-order valence-corrected chi connectivity index (χ4v) is 4.05. The summed E-state index contributed by atoms with van der Waals surface area (Å²) in [7, 11) is 0. The smallest absolute Gasteiger partial charge is 0.409 e. The van der Waals surface area contributed by atoms with Crippen LogP contribution in [0.2, 0.25) is 0 Å². The van der Waals surface area contributed by atoms with E-state index in [0.29, 0.717) is 12.5 Å². The Morgan fingerprint density at radius 3 is 2.57 bits per heavy atom. The molecule has 1 aliphatic heterocycles. The first-order valence-corrected chi connectivity index (χ1v) is 10.4. The molecule has 0 radical (unpaired) electrons. The van der Waals surface area contributed by atoms with Crippen molar-refractivity contribution in [1.82, 2.24) is 19.6 Å². The molecule has 1 amide bonds. The molecule has 28 heavy (non-hydrogen) atoms. The van der Waals surface area contributed by atoms with Gasteiger partial charge < -0.3 is 9.64 Å². The number of para-hydroxylation sites is 1. The van der Waals surface area contributed by atoms with Crippen molar-refractivity contribution in [2.24, 2.45) is 5.92 Å². The molecule has 6 nitrogen and oxygen atoms in total. The van der Waals surface area contributed by atoms with Gasteiger partial charge in [0.25, 0.3) is 0 Å². The summed E-state index contributed by atoms with van der Waals surface area (Å²) in [4.78, 5) is 16.4. The second-order valence-corrected chi connectivity index (χ2v) is 8.21. The summed E-state index contributed by atoms with van der Waals surface area (Å²) in [5.41, 5.74) is 5.15. The average Bonchev–Trinajstić information content (AvgIpc) is 3.31. The van der Waals surface area contributed by atoms with Crippen molar-refractivity contribution in [3.8, 4) is 5.69 Å². The highest BCUT2D eigenvalue weighted by molar-refractivity contribution is 5.67. The van der Waals surface area contributed by atoms with E-state index in [1.165, 1.54) is 23.4 Å². The monoisotopic (exact) mass is 382 g/mol. The average molecular weight is 383 g/mol. The number of carbonyl (C=O) groups excluding carboxylic acids is 1. The Kier molecular flexibility index (Phi) is 5.67.